The van der Waals surface area contributed by atoms with E-state index in [-0.39, 0.29) is 23.0 Å². The molecule has 0 bridgehead atoms. The molecule has 11 heteroatoms. The quantitative estimate of drug-likeness (QED) is 0.516. The van der Waals surface area contributed by atoms with Gasteiger partial charge in [-0.1, -0.05) is 29.0 Å². The molecule has 1 atom stereocenters. The van der Waals surface area contributed by atoms with Crippen LogP contribution in [0.4, 0.5) is 16.2 Å². The van der Waals surface area contributed by atoms with Crippen LogP contribution in [-0.4, -0.2) is 47.8 Å². The molecule has 9 nitrogen and oxygen atoms in total. The molecule has 3 amide bonds. The van der Waals surface area contributed by atoms with Crippen molar-refractivity contribution < 1.29 is 19.1 Å². The number of hydrogen-bond acceptors (Lipinski definition) is 7. The van der Waals surface area contributed by atoms with Crippen LogP contribution in [0.5, 0.6) is 11.5 Å². The number of carbonyl (C=O) groups is 2. The van der Waals surface area contributed by atoms with Gasteiger partial charge in [-0.25, -0.2) is 4.79 Å². The summed E-state index contributed by atoms with van der Waals surface area (Å²) in [5.41, 5.74) is 1.13. The maximum Gasteiger partial charge on any atom is 0.322 e. The summed E-state index contributed by atoms with van der Waals surface area (Å²) in [7, 11) is 3.10. The number of rotatable bonds is 6. The highest BCUT2D eigenvalue weighted by Crippen LogP contribution is 2.35. The normalized spacial score (nSPS) is 15.2. The number of amides is 3. The lowest BCUT2D eigenvalue weighted by atomic mass is 10.2. The van der Waals surface area contributed by atoms with Gasteiger partial charge in [0.05, 0.1) is 20.3 Å². The summed E-state index contributed by atoms with van der Waals surface area (Å²) >= 11 is 7.14. The molecule has 1 aliphatic rings. The number of anilines is 2. The van der Waals surface area contributed by atoms with Crippen molar-refractivity contribution in [2.75, 3.05) is 31.4 Å². The topological polar surface area (TPSA) is 106 Å². The van der Waals surface area contributed by atoms with Crippen molar-refractivity contribution in [3.63, 3.8) is 0 Å². The Balaban J connectivity index is 1.46. The second-order valence-corrected chi connectivity index (χ2v) is 8.74. The van der Waals surface area contributed by atoms with Crippen LogP contribution in [0.15, 0.2) is 42.5 Å². The van der Waals surface area contributed by atoms with Crippen LogP contribution in [0, 0.1) is 0 Å². The summed E-state index contributed by atoms with van der Waals surface area (Å²) in [6.45, 7) is 0.571. The average Bonchev–Trinajstić information content (AvgIpc) is 3.48. The van der Waals surface area contributed by atoms with E-state index in [4.69, 9.17) is 21.1 Å². The molecule has 0 saturated carbocycles. The van der Waals surface area contributed by atoms with E-state index in [1.165, 1.54) is 11.3 Å². The maximum atomic E-state index is 13.0. The van der Waals surface area contributed by atoms with Crippen molar-refractivity contribution in [3.05, 3.63) is 57.5 Å². The van der Waals surface area contributed by atoms with Gasteiger partial charge in [0.1, 0.15) is 16.5 Å². The molecule has 1 saturated heterocycles. The molecule has 2 N–H and O–H groups in total. The van der Waals surface area contributed by atoms with E-state index < -0.39 is 0 Å². The molecule has 2 aromatic carbocycles. The zero-order valence-corrected chi connectivity index (χ0v) is 19.6. The lowest BCUT2D eigenvalue weighted by molar-refractivity contribution is 0.102. The Hall–Kier alpha value is -3.37. The summed E-state index contributed by atoms with van der Waals surface area (Å²) in [6.07, 6.45) is 1.56. The molecular weight excluding hydrogens is 466 g/mol. The second kappa shape index (κ2) is 10.1. The number of nitrogens with zero attached hydrogens (tertiary/aromatic N) is 3. The van der Waals surface area contributed by atoms with E-state index in [0.29, 0.717) is 39.4 Å². The summed E-state index contributed by atoms with van der Waals surface area (Å²) in [5, 5.41) is 15.2. The van der Waals surface area contributed by atoms with E-state index in [0.717, 1.165) is 12.8 Å². The third kappa shape index (κ3) is 5.35. The number of aromatic nitrogens is 2. The fourth-order valence-electron chi connectivity index (χ4n) is 3.55. The Morgan fingerprint density at radius 1 is 1.06 bits per heavy atom. The van der Waals surface area contributed by atoms with Crippen molar-refractivity contribution in [1.82, 2.24) is 15.1 Å². The summed E-state index contributed by atoms with van der Waals surface area (Å²) in [5.74, 6) is 0.766. The fourth-order valence-corrected chi connectivity index (χ4v) is 4.63. The van der Waals surface area contributed by atoms with E-state index in [1.54, 1.807) is 61.6 Å². The number of urea groups is 1. The van der Waals surface area contributed by atoms with E-state index in [1.807, 2.05) is 0 Å². The van der Waals surface area contributed by atoms with Gasteiger partial charge in [-0.2, -0.15) is 0 Å². The highest BCUT2D eigenvalue weighted by molar-refractivity contribution is 7.13. The summed E-state index contributed by atoms with van der Waals surface area (Å²) in [6, 6.07) is 11.5. The largest absolute Gasteiger partial charge is 0.497 e. The molecule has 172 valence electrons. The summed E-state index contributed by atoms with van der Waals surface area (Å²) < 4.78 is 10.5. The van der Waals surface area contributed by atoms with Crippen LogP contribution in [0.3, 0.4) is 0 Å². The van der Waals surface area contributed by atoms with Gasteiger partial charge in [0.15, 0.2) is 0 Å². The molecule has 1 aromatic heterocycles. The Morgan fingerprint density at radius 3 is 2.52 bits per heavy atom. The fraction of sp³-hybridized carbons (Fsp3) is 0.273. The maximum absolute atomic E-state index is 13.0. The lowest BCUT2D eigenvalue weighted by Crippen LogP contribution is -2.34. The number of benzene rings is 2. The first kappa shape index (κ1) is 22.8. The van der Waals surface area contributed by atoms with Gasteiger partial charge in [-0.05, 0) is 31.0 Å². The monoisotopic (exact) mass is 487 g/mol. The minimum Gasteiger partial charge on any atom is -0.497 e. The first-order valence-electron chi connectivity index (χ1n) is 10.2. The van der Waals surface area contributed by atoms with Crippen LogP contribution < -0.4 is 20.1 Å². The Labute approximate surface area is 199 Å². The van der Waals surface area contributed by atoms with Crippen LogP contribution in [0.1, 0.15) is 33.7 Å². The van der Waals surface area contributed by atoms with Crippen LogP contribution in [0.25, 0.3) is 0 Å². The molecule has 1 aliphatic heterocycles. The van der Waals surface area contributed by atoms with Gasteiger partial charge in [0.2, 0.25) is 5.01 Å². The molecule has 0 aliphatic carbocycles. The third-order valence-electron chi connectivity index (χ3n) is 5.12. The van der Waals surface area contributed by atoms with Crippen LogP contribution >= 0.6 is 22.9 Å². The van der Waals surface area contributed by atoms with Crippen LogP contribution in [0.2, 0.25) is 5.02 Å². The third-order valence-corrected chi connectivity index (χ3v) is 6.38. The lowest BCUT2D eigenvalue weighted by Gasteiger charge is -2.23. The number of nitrogens with one attached hydrogen (secondary N) is 2. The Bertz CT molecular complexity index is 1150. The molecule has 4 rings (SSSR count). The zero-order valence-electron chi connectivity index (χ0n) is 18.0. The molecule has 2 heterocycles. The van der Waals surface area contributed by atoms with Gasteiger partial charge in [-0.15, -0.1) is 10.2 Å². The van der Waals surface area contributed by atoms with Crippen molar-refractivity contribution >= 4 is 46.3 Å². The number of carbonyl (C=O) groups excluding carboxylic acids is 2. The first-order valence-corrected chi connectivity index (χ1v) is 11.4. The van der Waals surface area contributed by atoms with Crippen molar-refractivity contribution in [2.24, 2.45) is 0 Å². The highest BCUT2D eigenvalue weighted by atomic mass is 35.5. The molecular formula is C22H22ClN5O4S. The number of halogens is 1. The molecule has 3 aromatic rings. The van der Waals surface area contributed by atoms with Gasteiger partial charge in [0, 0.05) is 41.1 Å². The number of likely N-dealkylation sites (tertiary alicyclic amines) is 1. The molecule has 1 fully saturated rings. The van der Waals surface area contributed by atoms with Gasteiger partial charge in [0.25, 0.3) is 5.91 Å². The smallest absolute Gasteiger partial charge is 0.322 e. The van der Waals surface area contributed by atoms with Gasteiger partial charge in [-0.3, -0.25) is 4.79 Å². The van der Waals surface area contributed by atoms with E-state index in [2.05, 4.69) is 20.8 Å². The van der Waals surface area contributed by atoms with Crippen molar-refractivity contribution in [1.29, 1.82) is 0 Å². The first-order chi connectivity index (χ1) is 16.0. The standard InChI is InChI=1S/C22H22ClN5O4S/c1-31-16-10-15(11-17(12-16)32-2)25-22(30)28-8-4-7-18(28)20-26-27-21(33-20)19(29)24-14-6-3-5-13(23)9-14/h3,5-6,9-12,18H,4,7-8H2,1-2H3,(H,24,29)(H,25,30). The van der Waals surface area contributed by atoms with E-state index >= 15 is 0 Å². The minimum atomic E-state index is -0.376. The summed E-state index contributed by atoms with van der Waals surface area (Å²) in [4.78, 5) is 27.3. The van der Waals surface area contributed by atoms with Gasteiger partial charge < -0.3 is 25.0 Å². The number of hydrogen-bond donors (Lipinski definition) is 2. The number of ether oxygens (including phenoxy) is 2. The Morgan fingerprint density at radius 2 is 1.82 bits per heavy atom. The van der Waals surface area contributed by atoms with Crippen LogP contribution in [-0.2, 0) is 0 Å². The molecule has 0 radical (unpaired) electrons. The predicted octanol–water partition coefficient (Wildman–Crippen LogP) is 4.83. The molecule has 0 spiro atoms. The molecule has 33 heavy (non-hydrogen) atoms. The minimum absolute atomic E-state index is 0.217. The number of methoxy groups -OCH3 is 2. The van der Waals surface area contributed by atoms with Crippen molar-refractivity contribution in [2.45, 2.75) is 18.9 Å². The average molecular weight is 488 g/mol. The zero-order chi connectivity index (χ0) is 23.4. The van der Waals surface area contributed by atoms with Gasteiger partial charge >= 0.3 is 6.03 Å². The second-order valence-electron chi connectivity index (χ2n) is 7.29. The Kier molecular flexibility index (Phi) is 6.95. The highest BCUT2D eigenvalue weighted by Gasteiger charge is 2.33. The van der Waals surface area contributed by atoms with E-state index in [9.17, 15) is 9.59 Å². The SMILES string of the molecule is COc1cc(NC(=O)N2CCCC2c2nnc(C(=O)Nc3cccc(Cl)c3)s2)cc(OC)c1. The molecule has 1 unspecified atom stereocenters. The van der Waals surface area contributed by atoms with Crippen molar-refractivity contribution in [3.8, 4) is 11.5 Å². The predicted molar refractivity (Wildman–Crippen MR) is 127 cm³/mol.